The molecular formula is C18H17BrClFN2O2S. The Hall–Kier alpha value is -1.44. The van der Waals surface area contributed by atoms with Gasteiger partial charge in [-0.05, 0) is 52.3 Å². The molecule has 1 fully saturated rings. The molecule has 3 rings (SSSR count). The molecule has 0 saturated carbocycles. The molecule has 0 bridgehead atoms. The van der Waals surface area contributed by atoms with Crippen molar-refractivity contribution >= 4 is 56.6 Å². The number of nitrogens with one attached hydrogen (secondary N) is 1. The Morgan fingerprint density at radius 1 is 1.27 bits per heavy atom. The first-order valence-corrected chi connectivity index (χ1v) is 10.4. The van der Waals surface area contributed by atoms with Crippen LogP contribution in [0.1, 0.15) is 0 Å². The number of halogens is 3. The predicted octanol–water partition coefficient (Wildman–Crippen LogP) is 4.81. The number of nitrogens with zero attached hydrogens (tertiary/aromatic N) is 1. The van der Waals surface area contributed by atoms with Crippen molar-refractivity contribution in [1.29, 1.82) is 0 Å². The van der Waals surface area contributed by atoms with Crippen LogP contribution in [0, 0.1) is 5.82 Å². The summed E-state index contributed by atoms with van der Waals surface area (Å²) < 4.78 is 19.0. The zero-order chi connectivity index (χ0) is 18.5. The summed E-state index contributed by atoms with van der Waals surface area (Å²) in [7, 11) is 0. The normalized spacial score (nSPS) is 14.2. The van der Waals surface area contributed by atoms with Gasteiger partial charge in [-0.15, -0.1) is 0 Å². The zero-order valence-corrected chi connectivity index (χ0v) is 17.0. The first-order chi connectivity index (χ1) is 12.5. The predicted molar refractivity (Wildman–Crippen MR) is 109 cm³/mol. The summed E-state index contributed by atoms with van der Waals surface area (Å²) >= 11 is 11.2. The number of hydrogen-bond acceptors (Lipinski definition) is 4. The van der Waals surface area contributed by atoms with Crippen LogP contribution in [0.4, 0.5) is 15.8 Å². The van der Waals surface area contributed by atoms with E-state index in [9.17, 15) is 9.18 Å². The van der Waals surface area contributed by atoms with Crippen molar-refractivity contribution in [3.63, 3.8) is 0 Å². The summed E-state index contributed by atoms with van der Waals surface area (Å²) in [6.45, 7) is 1.66. The third-order valence-electron chi connectivity index (χ3n) is 3.84. The van der Waals surface area contributed by atoms with E-state index in [4.69, 9.17) is 16.3 Å². The second-order valence-electron chi connectivity index (χ2n) is 5.67. The number of amides is 1. The summed E-state index contributed by atoms with van der Waals surface area (Å²) in [6, 6.07) is 9.52. The fourth-order valence-electron chi connectivity index (χ4n) is 2.61. The lowest BCUT2D eigenvalue weighted by atomic mass is 10.2. The molecule has 1 N–H and O–H groups in total. The Kier molecular flexibility index (Phi) is 6.67. The Labute approximate surface area is 169 Å². The van der Waals surface area contributed by atoms with Crippen LogP contribution >= 0.6 is 39.3 Å². The molecule has 4 nitrogen and oxygen atoms in total. The maximum absolute atomic E-state index is 13.1. The molecule has 0 aromatic heterocycles. The first-order valence-electron chi connectivity index (χ1n) is 8.03. The number of carbonyl (C=O) groups excluding carboxylic acids is 1. The molecule has 138 valence electrons. The Balaban J connectivity index is 1.67. The van der Waals surface area contributed by atoms with Gasteiger partial charge in [-0.3, -0.25) is 4.79 Å². The van der Waals surface area contributed by atoms with E-state index in [-0.39, 0.29) is 18.3 Å². The van der Waals surface area contributed by atoms with Gasteiger partial charge < -0.3 is 15.0 Å². The van der Waals surface area contributed by atoms with Crippen LogP contribution in [0.2, 0.25) is 5.02 Å². The van der Waals surface area contributed by atoms with Crippen molar-refractivity contribution in [2.24, 2.45) is 0 Å². The SMILES string of the molecule is O=C(COc1ccc(F)cc1Br)Nc1cc(Cl)ccc1N1CCSCC1. The van der Waals surface area contributed by atoms with Gasteiger partial charge in [-0.1, -0.05) is 11.6 Å². The van der Waals surface area contributed by atoms with Crippen LogP contribution in [-0.2, 0) is 4.79 Å². The number of thioether (sulfide) groups is 1. The third kappa shape index (κ3) is 5.05. The van der Waals surface area contributed by atoms with Gasteiger partial charge in [-0.25, -0.2) is 4.39 Å². The summed E-state index contributed by atoms with van der Waals surface area (Å²) in [5, 5.41) is 3.42. The zero-order valence-electron chi connectivity index (χ0n) is 13.8. The molecule has 0 radical (unpaired) electrons. The fraction of sp³-hybridized carbons (Fsp3) is 0.278. The van der Waals surface area contributed by atoms with Gasteiger partial charge in [0.2, 0.25) is 0 Å². The maximum Gasteiger partial charge on any atom is 0.262 e. The number of ether oxygens (including phenoxy) is 1. The number of hydrogen-bond donors (Lipinski definition) is 1. The van der Waals surface area contributed by atoms with Crippen LogP contribution < -0.4 is 15.0 Å². The van der Waals surface area contributed by atoms with Gasteiger partial charge in [0, 0.05) is 29.6 Å². The van der Waals surface area contributed by atoms with Gasteiger partial charge in [0.25, 0.3) is 5.91 Å². The van der Waals surface area contributed by atoms with E-state index in [0.717, 1.165) is 30.3 Å². The number of carbonyl (C=O) groups is 1. The number of benzene rings is 2. The molecule has 1 aliphatic heterocycles. The molecule has 2 aromatic carbocycles. The first kappa shape index (κ1) is 19.3. The molecule has 1 amide bonds. The quantitative estimate of drug-likeness (QED) is 0.696. The minimum absolute atomic E-state index is 0.188. The van der Waals surface area contributed by atoms with E-state index in [1.165, 1.54) is 18.2 Å². The van der Waals surface area contributed by atoms with E-state index in [0.29, 0.717) is 20.9 Å². The second-order valence-corrected chi connectivity index (χ2v) is 8.19. The molecule has 26 heavy (non-hydrogen) atoms. The molecule has 8 heteroatoms. The highest BCUT2D eigenvalue weighted by Crippen LogP contribution is 2.31. The van der Waals surface area contributed by atoms with Gasteiger partial charge in [0.05, 0.1) is 15.8 Å². The van der Waals surface area contributed by atoms with E-state index < -0.39 is 0 Å². The molecule has 2 aromatic rings. The highest BCUT2D eigenvalue weighted by molar-refractivity contribution is 9.10. The summed E-state index contributed by atoms with van der Waals surface area (Å²) in [4.78, 5) is 14.6. The van der Waals surface area contributed by atoms with E-state index >= 15 is 0 Å². The van der Waals surface area contributed by atoms with Crippen molar-refractivity contribution in [3.05, 3.63) is 51.7 Å². The average Bonchev–Trinajstić information content (AvgIpc) is 2.62. The Morgan fingerprint density at radius 2 is 2.04 bits per heavy atom. The lowest BCUT2D eigenvalue weighted by Gasteiger charge is -2.30. The monoisotopic (exact) mass is 458 g/mol. The molecule has 0 unspecified atom stereocenters. The fourth-order valence-corrected chi connectivity index (χ4v) is 4.15. The molecule has 0 spiro atoms. The Morgan fingerprint density at radius 3 is 2.77 bits per heavy atom. The molecule has 1 heterocycles. The molecule has 0 atom stereocenters. The van der Waals surface area contributed by atoms with Crippen molar-refractivity contribution in [3.8, 4) is 5.75 Å². The molecule has 1 saturated heterocycles. The van der Waals surface area contributed by atoms with E-state index in [1.807, 2.05) is 23.9 Å². The van der Waals surface area contributed by atoms with Crippen LogP contribution in [0.25, 0.3) is 0 Å². The van der Waals surface area contributed by atoms with Crippen LogP contribution in [-0.4, -0.2) is 37.1 Å². The largest absolute Gasteiger partial charge is 0.483 e. The van der Waals surface area contributed by atoms with Gasteiger partial charge in [0.1, 0.15) is 11.6 Å². The van der Waals surface area contributed by atoms with Gasteiger partial charge >= 0.3 is 0 Å². The van der Waals surface area contributed by atoms with Crippen molar-refractivity contribution in [2.75, 3.05) is 41.4 Å². The molecule has 0 aliphatic carbocycles. The summed E-state index contributed by atoms with van der Waals surface area (Å²) in [6.07, 6.45) is 0. The lowest BCUT2D eigenvalue weighted by molar-refractivity contribution is -0.118. The lowest BCUT2D eigenvalue weighted by Crippen LogP contribution is -2.33. The van der Waals surface area contributed by atoms with E-state index in [2.05, 4.69) is 26.1 Å². The number of anilines is 2. The summed E-state index contributed by atoms with van der Waals surface area (Å²) in [5.74, 6) is 1.82. The van der Waals surface area contributed by atoms with Crippen molar-refractivity contribution in [1.82, 2.24) is 0 Å². The maximum atomic E-state index is 13.1. The smallest absolute Gasteiger partial charge is 0.262 e. The highest BCUT2D eigenvalue weighted by atomic mass is 79.9. The molecule has 1 aliphatic rings. The standard InChI is InChI=1S/C18H17BrClFN2O2S/c19-14-10-13(21)2-4-17(14)25-11-18(24)22-15-9-12(20)1-3-16(15)23-5-7-26-8-6-23/h1-4,9-10H,5-8,11H2,(H,22,24). The van der Waals surface area contributed by atoms with Crippen molar-refractivity contribution < 1.29 is 13.9 Å². The van der Waals surface area contributed by atoms with Gasteiger partial charge in [-0.2, -0.15) is 11.8 Å². The van der Waals surface area contributed by atoms with Crippen molar-refractivity contribution in [2.45, 2.75) is 0 Å². The van der Waals surface area contributed by atoms with E-state index in [1.54, 1.807) is 6.07 Å². The third-order valence-corrected chi connectivity index (χ3v) is 5.63. The van der Waals surface area contributed by atoms with Crippen LogP contribution in [0.3, 0.4) is 0 Å². The molecular weight excluding hydrogens is 443 g/mol. The number of rotatable bonds is 5. The average molecular weight is 460 g/mol. The second kappa shape index (κ2) is 8.97. The van der Waals surface area contributed by atoms with Gasteiger partial charge in [0.15, 0.2) is 6.61 Å². The minimum atomic E-state index is -0.378. The topological polar surface area (TPSA) is 41.6 Å². The van der Waals surface area contributed by atoms with Crippen LogP contribution in [0.5, 0.6) is 5.75 Å². The minimum Gasteiger partial charge on any atom is -0.483 e. The summed E-state index contributed by atoms with van der Waals surface area (Å²) in [5.41, 5.74) is 1.61. The highest BCUT2D eigenvalue weighted by Gasteiger charge is 2.17. The Bertz CT molecular complexity index is 803. The van der Waals surface area contributed by atoms with Crippen LogP contribution in [0.15, 0.2) is 40.9 Å².